The van der Waals surface area contributed by atoms with Gasteiger partial charge in [-0.3, -0.25) is 0 Å². The number of nitrogens with two attached hydrogens (primary N) is 1. The summed E-state index contributed by atoms with van der Waals surface area (Å²) in [6.07, 6.45) is 1.31. The van der Waals surface area contributed by atoms with E-state index in [4.69, 9.17) is 24.7 Å². The van der Waals surface area contributed by atoms with Crippen molar-refractivity contribution in [1.82, 2.24) is 9.97 Å². The van der Waals surface area contributed by atoms with E-state index in [-0.39, 0.29) is 6.10 Å². The van der Waals surface area contributed by atoms with E-state index in [1.807, 2.05) is 30.3 Å². The van der Waals surface area contributed by atoms with Crippen LogP contribution in [0.5, 0.6) is 23.0 Å². The third-order valence-corrected chi connectivity index (χ3v) is 4.53. The van der Waals surface area contributed by atoms with Gasteiger partial charge in [-0.25, -0.2) is 9.97 Å². The molecular formula is C20H21N3O4. The fourth-order valence-corrected chi connectivity index (χ4v) is 3.14. The van der Waals surface area contributed by atoms with Gasteiger partial charge in [0.2, 0.25) is 0 Å². The van der Waals surface area contributed by atoms with Crippen LogP contribution in [0, 0.1) is 0 Å². The summed E-state index contributed by atoms with van der Waals surface area (Å²) in [4.78, 5) is 9.06. The maximum atomic E-state index is 6.14. The van der Waals surface area contributed by atoms with E-state index in [2.05, 4.69) is 9.97 Å². The molecule has 2 N–H and O–H groups in total. The molecule has 1 aromatic heterocycles. The van der Waals surface area contributed by atoms with Crippen LogP contribution in [0.4, 0.5) is 5.82 Å². The minimum atomic E-state index is -0.0502. The number of methoxy groups -OCH3 is 2. The van der Waals surface area contributed by atoms with Crippen molar-refractivity contribution in [3.8, 4) is 23.0 Å². The normalized spacial score (nSPS) is 15.6. The molecule has 3 aromatic rings. The van der Waals surface area contributed by atoms with Crippen LogP contribution >= 0.6 is 0 Å². The van der Waals surface area contributed by atoms with Crippen LogP contribution < -0.4 is 24.7 Å². The maximum Gasteiger partial charge on any atom is 0.162 e. The van der Waals surface area contributed by atoms with Crippen LogP contribution in [0.1, 0.15) is 12.2 Å². The van der Waals surface area contributed by atoms with Crippen LogP contribution in [-0.2, 0) is 6.42 Å². The first-order valence-electron chi connectivity index (χ1n) is 8.74. The third-order valence-electron chi connectivity index (χ3n) is 4.53. The first-order valence-corrected chi connectivity index (χ1v) is 8.74. The molecule has 1 aliphatic rings. The van der Waals surface area contributed by atoms with Gasteiger partial charge in [-0.05, 0) is 24.6 Å². The summed E-state index contributed by atoms with van der Waals surface area (Å²) in [6.45, 7) is 0.505. The van der Waals surface area contributed by atoms with E-state index in [1.165, 1.54) is 0 Å². The summed E-state index contributed by atoms with van der Waals surface area (Å²) in [5.74, 6) is 3.83. The SMILES string of the molecule is COc1cc2nc(CCC3COc4ccccc4O3)nc(N)c2cc1OC. The zero-order valence-corrected chi connectivity index (χ0v) is 15.3. The Labute approximate surface area is 157 Å². The number of nitrogens with zero attached hydrogens (tertiary/aromatic N) is 2. The molecule has 2 aromatic carbocycles. The summed E-state index contributed by atoms with van der Waals surface area (Å²) in [5, 5.41) is 0.738. The molecule has 0 bridgehead atoms. The van der Waals surface area contributed by atoms with Crippen LogP contribution in [-0.4, -0.2) is 36.9 Å². The van der Waals surface area contributed by atoms with Crippen molar-refractivity contribution in [1.29, 1.82) is 0 Å². The Balaban J connectivity index is 1.52. The van der Waals surface area contributed by atoms with Gasteiger partial charge >= 0.3 is 0 Å². The van der Waals surface area contributed by atoms with Crippen LogP contribution in [0.2, 0.25) is 0 Å². The number of fused-ring (bicyclic) bond motifs is 2. The maximum absolute atomic E-state index is 6.14. The summed E-state index contributed by atoms with van der Waals surface area (Å²) in [6, 6.07) is 11.3. The highest BCUT2D eigenvalue weighted by atomic mass is 16.6. The Hall–Kier alpha value is -3.22. The van der Waals surface area contributed by atoms with Crippen LogP contribution in [0.25, 0.3) is 10.9 Å². The quantitative estimate of drug-likeness (QED) is 0.741. The Bertz CT molecular complexity index is 977. The van der Waals surface area contributed by atoms with Gasteiger partial charge < -0.3 is 24.7 Å². The molecule has 0 saturated carbocycles. The summed E-state index contributed by atoms with van der Waals surface area (Å²) in [7, 11) is 3.17. The minimum Gasteiger partial charge on any atom is -0.493 e. The number of benzene rings is 2. The second-order valence-electron chi connectivity index (χ2n) is 6.29. The Morgan fingerprint density at radius 2 is 1.81 bits per heavy atom. The van der Waals surface area contributed by atoms with Gasteiger partial charge in [-0.15, -0.1) is 0 Å². The lowest BCUT2D eigenvalue weighted by Gasteiger charge is -2.26. The zero-order valence-electron chi connectivity index (χ0n) is 15.3. The van der Waals surface area contributed by atoms with Gasteiger partial charge in [0, 0.05) is 17.9 Å². The highest BCUT2D eigenvalue weighted by Crippen LogP contribution is 2.34. The van der Waals surface area contributed by atoms with Crippen molar-refractivity contribution in [2.45, 2.75) is 18.9 Å². The van der Waals surface area contributed by atoms with E-state index in [0.29, 0.717) is 36.2 Å². The number of para-hydroxylation sites is 2. The molecule has 1 unspecified atom stereocenters. The van der Waals surface area contributed by atoms with Crippen molar-refractivity contribution in [2.75, 3.05) is 26.6 Å². The lowest BCUT2D eigenvalue weighted by molar-refractivity contribution is 0.0847. The highest BCUT2D eigenvalue weighted by molar-refractivity contribution is 5.90. The molecule has 0 aliphatic carbocycles. The number of aromatic nitrogens is 2. The molecule has 27 heavy (non-hydrogen) atoms. The lowest BCUT2D eigenvalue weighted by atomic mass is 10.1. The monoisotopic (exact) mass is 367 g/mol. The predicted octanol–water partition coefficient (Wildman–Crippen LogP) is 3.00. The third kappa shape index (κ3) is 3.40. The van der Waals surface area contributed by atoms with E-state index >= 15 is 0 Å². The number of ether oxygens (including phenoxy) is 4. The number of nitrogen functional groups attached to an aromatic ring is 1. The number of hydrogen-bond donors (Lipinski definition) is 1. The van der Waals surface area contributed by atoms with Crippen LogP contribution in [0.15, 0.2) is 36.4 Å². The van der Waals surface area contributed by atoms with E-state index < -0.39 is 0 Å². The topological polar surface area (TPSA) is 88.7 Å². The molecule has 0 saturated heterocycles. The molecule has 7 heteroatoms. The fourth-order valence-electron chi connectivity index (χ4n) is 3.14. The standard InChI is InChI=1S/C20H21N3O4/c1-24-17-9-13-14(10-18(17)25-2)22-19(23-20(13)21)8-7-12-11-26-15-5-3-4-6-16(15)27-12/h3-6,9-10,12H,7-8,11H2,1-2H3,(H2,21,22,23). The van der Waals surface area contributed by atoms with Gasteiger partial charge in [0.15, 0.2) is 23.0 Å². The van der Waals surface area contributed by atoms with E-state index in [1.54, 1.807) is 20.3 Å². The number of hydrogen-bond acceptors (Lipinski definition) is 7. The second kappa shape index (κ2) is 7.19. The van der Waals surface area contributed by atoms with Crippen molar-refractivity contribution >= 4 is 16.7 Å². The van der Waals surface area contributed by atoms with Crippen molar-refractivity contribution in [3.05, 3.63) is 42.2 Å². The molecule has 7 nitrogen and oxygen atoms in total. The van der Waals surface area contributed by atoms with E-state index in [0.717, 1.165) is 28.8 Å². The largest absolute Gasteiger partial charge is 0.493 e. The predicted molar refractivity (Wildman–Crippen MR) is 102 cm³/mol. The lowest BCUT2D eigenvalue weighted by Crippen LogP contribution is -2.29. The van der Waals surface area contributed by atoms with E-state index in [9.17, 15) is 0 Å². The van der Waals surface area contributed by atoms with Crippen molar-refractivity contribution in [2.24, 2.45) is 0 Å². The average molecular weight is 367 g/mol. The summed E-state index contributed by atoms with van der Waals surface area (Å²) >= 11 is 0. The summed E-state index contributed by atoms with van der Waals surface area (Å²) < 4.78 is 22.4. The number of aryl methyl sites for hydroxylation is 1. The highest BCUT2D eigenvalue weighted by Gasteiger charge is 2.21. The first kappa shape index (κ1) is 17.2. The molecule has 0 radical (unpaired) electrons. The first-order chi connectivity index (χ1) is 13.2. The average Bonchev–Trinajstić information content (AvgIpc) is 2.71. The second-order valence-corrected chi connectivity index (χ2v) is 6.29. The van der Waals surface area contributed by atoms with Crippen molar-refractivity contribution in [3.63, 3.8) is 0 Å². The molecule has 1 atom stereocenters. The molecule has 1 aliphatic heterocycles. The molecular weight excluding hydrogens is 346 g/mol. The minimum absolute atomic E-state index is 0.0502. The molecule has 0 fully saturated rings. The smallest absolute Gasteiger partial charge is 0.162 e. The molecule has 0 spiro atoms. The molecule has 0 amide bonds. The Morgan fingerprint density at radius 3 is 2.59 bits per heavy atom. The molecule has 2 heterocycles. The van der Waals surface area contributed by atoms with Gasteiger partial charge in [-0.2, -0.15) is 0 Å². The zero-order chi connectivity index (χ0) is 18.8. The fraction of sp³-hybridized carbons (Fsp3) is 0.300. The molecule has 4 rings (SSSR count). The van der Waals surface area contributed by atoms with Gasteiger partial charge in [0.25, 0.3) is 0 Å². The summed E-state index contributed by atoms with van der Waals surface area (Å²) in [5.41, 5.74) is 6.86. The molecule has 140 valence electrons. The number of rotatable bonds is 5. The van der Waals surface area contributed by atoms with Crippen molar-refractivity contribution < 1.29 is 18.9 Å². The van der Waals surface area contributed by atoms with Crippen LogP contribution in [0.3, 0.4) is 0 Å². The Morgan fingerprint density at radius 1 is 1.07 bits per heavy atom. The number of anilines is 1. The van der Waals surface area contributed by atoms with Gasteiger partial charge in [0.05, 0.1) is 19.7 Å². The van der Waals surface area contributed by atoms with Gasteiger partial charge in [-0.1, -0.05) is 12.1 Å². The Kier molecular flexibility index (Phi) is 4.58. The van der Waals surface area contributed by atoms with Gasteiger partial charge in [0.1, 0.15) is 24.4 Å².